The van der Waals surface area contributed by atoms with Gasteiger partial charge in [0.2, 0.25) is 0 Å². The van der Waals surface area contributed by atoms with Crippen LogP contribution in [0.15, 0.2) is 53.1 Å². The summed E-state index contributed by atoms with van der Waals surface area (Å²) in [6, 6.07) is 13.7. The third-order valence-corrected chi connectivity index (χ3v) is 4.37. The van der Waals surface area contributed by atoms with Crippen molar-refractivity contribution in [1.82, 2.24) is 15.5 Å². The first-order valence-corrected chi connectivity index (χ1v) is 9.30. The Morgan fingerprint density at radius 2 is 1.86 bits per heavy atom. The molecule has 2 N–H and O–H groups in total. The Labute approximate surface area is 168 Å². The van der Waals surface area contributed by atoms with Crippen LogP contribution in [0.2, 0.25) is 0 Å². The van der Waals surface area contributed by atoms with Crippen molar-refractivity contribution < 1.29 is 19.2 Å². The maximum atomic E-state index is 12.7. The van der Waals surface area contributed by atoms with Crippen molar-refractivity contribution in [3.63, 3.8) is 0 Å². The molecule has 0 spiro atoms. The van der Waals surface area contributed by atoms with Crippen LogP contribution in [-0.4, -0.2) is 33.7 Å². The normalized spacial score (nSPS) is 11.3. The van der Waals surface area contributed by atoms with Crippen molar-refractivity contribution in [2.45, 2.75) is 32.6 Å². The van der Waals surface area contributed by atoms with E-state index < -0.39 is 5.97 Å². The maximum absolute atomic E-state index is 12.7. The highest BCUT2D eigenvalue weighted by Crippen LogP contribution is 2.26. The van der Waals surface area contributed by atoms with Crippen molar-refractivity contribution in [2.24, 2.45) is 0 Å². The van der Waals surface area contributed by atoms with E-state index in [2.05, 4.69) is 15.5 Å². The Kier molecular flexibility index (Phi) is 5.77. The molecule has 0 aliphatic heterocycles. The van der Waals surface area contributed by atoms with Gasteiger partial charge >= 0.3 is 5.97 Å². The molecule has 0 unspecified atom stereocenters. The van der Waals surface area contributed by atoms with Gasteiger partial charge in [0.05, 0.1) is 16.7 Å². The van der Waals surface area contributed by atoms with Crippen molar-refractivity contribution >= 4 is 11.9 Å². The second-order valence-electron chi connectivity index (χ2n) is 7.73. The number of carbonyl (C=O) groups excluding carboxylic acids is 1. The SMILES string of the molecule is CC(C)(C)c1noc(-c2ccccc2C(=O)NCCc2cccc(C(=O)O)c2)n1. The maximum Gasteiger partial charge on any atom is 0.335 e. The molecule has 150 valence electrons. The number of aromatic nitrogens is 2. The van der Waals surface area contributed by atoms with Gasteiger partial charge in [0.25, 0.3) is 11.8 Å². The molecule has 0 fully saturated rings. The van der Waals surface area contributed by atoms with Crippen LogP contribution < -0.4 is 5.32 Å². The molecule has 0 saturated carbocycles. The molecule has 0 aliphatic rings. The fourth-order valence-electron chi connectivity index (χ4n) is 2.78. The number of hydrogen-bond donors (Lipinski definition) is 2. The molecule has 2 aromatic carbocycles. The van der Waals surface area contributed by atoms with Gasteiger partial charge in [-0.25, -0.2) is 4.79 Å². The Bertz CT molecular complexity index is 1030. The second kappa shape index (κ2) is 8.26. The van der Waals surface area contributed by atoms with Crippen molar-refractivity contribution in [3.05, 3.63) is 71.0 Å². The summed E-state index contributed by atoms with van der Waals surface area (Å²) in [5, 5.41) is 16.0. The number of hydrogen-bond acceptors (Lipinski definition) is 5. The van der Waals surface area contributed by atoms with Gasteiger partial charge < -0.3 is 14.9 Å². The highest BCUT2D eigenvalue weighted by Gasteiger charge is 2.23. The summed E-state index contributed by atoms with van der Waals surface area (Å²) in [4.78, 5) is 28.2. The van der Waals surface area contributed by atoms with Crippen LogP contribution >= 0.6 is 0 Å². The lowest BCUT2D eigenvalue weighted by Crippen LogP contribution is -2.26. The van der Waals surface area contributed by atoms with E-state index in [0.717, 1.165) is 5.56 Å². The third kappa shape index (κ3) is 4.87. The van der Waals surface area contributed by atoms with Crippen LogP contribution in [0.25, 0.3) is 11.5 Å². The number of benzene rings is 2. The standard InChI is InChI=1S/C22H23N3O4/c1-22(2,3)21-24-19(29-25-21)17-10-5-4-9-16(17)18(26)23-12-11-14-7-6-8-15(13-14)20(27)28/h4-10,13H,11-12H2,1-3H3,(H,23,26)(H,27,28). The molecule has 0 aliphatic carbocycles. The molecule has 1 heterocycles. The van der Waals surface area contributed by atoms with E-state index in [1.807, 2.05) is 32.9 Å². The number of carbonyl (C=O) groups is 2. The molecule has 0 atom stereocenters. The summed E-state index contributed by atoms with van der Waals surface area (Å²) in [5.41, 5.74) is 1.82. The van der Waals surface area contributed by atoms with Gasteiger partial charge in [-0.05, 0) is 36.2 Å². The second-order valence-corrected chi connectivity index (χ2v) is 7.73. The van der Waals surface area contributed by atoms with Crippen LogP contribution in [0.4, 0.5) is 0 Å². The van der Waals surface area contributed by atoms with Crippen LogP contribution in [0, 0.1) is 0 Å². The molecule has 0 saturated heterocycles. The Balaban J connectivity index is 1.71. The molecule has 7 heteroatoms. The molecule has 0 bridgehead atoms. The topological polar surface area (TPSA) is 105 Å². The highest BCUT2D eigenvalue weighted by atomic mass is 16.5. The Hall–Kier alpha value is -3.48. The highest BCUT2D eigenvalue weighted by molar-refractivity contribution is 5.99. The largest absolute Gasteiger partial charge is 0.478 e. The zero-order valence-electron chi connectivity index (χ0n) is 16.6. The number of nitrogens with one attached hydrogen (secondary N) is 1. The lowest BCUT2D eigenvalue weighted by atomic mass is 9.96. The summed E-state index contributed by atoms with van der Waals surface area (Å²) in [6.07, 6.45) is 0.518. The van der Waals surface area contributed by atoms with Crippen molar-refractivity contribution in [2.75, 3.05) is 6.54 Å². The van der Waals surface area contributed by atoms with E-state index in [0.29, 0.717) is 35.8 Å². The minimum Gasteiger partial charge on any atom is -0.478 e. The number of carboxylic acids is 1. The predicted octanol–water partition coefficient (Wildman–Crippen LogP) is 3.70. The lowest BCUT2D eigenvalue weighted by Gasteiger charge is -2.11. The van der Waals surface area contributed by atoms with Crippen LogP contribution in [0.3, 0.4) is 0 Å². The molecule has 3 rings (SSSR count). The third-order valence-electron chi connectivity index (χ3n) is 4.37. The van der Waals surface area contributed by atoms with E-state index in [1.54, 1.807) is 30.3 Å². The number of nitrogens with zero attached hydrogens (tertiary/aromatic N) is 2. The fourth-order valence-corrected chi connectivity index (χ4v) is 2.78. The number of rotatable bonds is 6. The minimum absolute atomic E-state index is 0.227. The van der Waals surface area contributed by atoms with Gasteiger partial charge in [-0.1, -0.05) is 50.2 Å². The smallest absolute Gasteiger partial charge is 0.335 e. The predicted molar refractivity (Wildman–Crippen MR) is 108 cm³/mol. The lowest BCUT2D eigenvalue weighted by molar-refractivity contribution is 0.0696. The van der Waals surface area contributed by atoms with Gasteiger partial charge in [-0.3, -0.25) is 4.79 Å². The monoisotopic (exact) mass is 393 g/mol. The van der Waals surface area contributed by atoms with Crippen molar-refractivity contribution in [3.8, 4) is 11.5 Å². The molecule has 3 aromatic rings. The van der Waals surface area contributed by atoms with E-state index in [4.69, 9.17) is 9.63 Å². The summed E-state index contributed by atoms with van der Waals surface area (Å²) in [5.74, 6) is -0.361. The first-order chi connectivity index (χ1) is 13.8. The van der Waals surface area contributed by atoms with E-state index >= 15 is 0 Å². The average molecular weight is 393 g/mol. The van der Waals surface area contributed by atoms with Gasteiger partial charge in [-0.15, -0.1) is 0 Å². The fraction of sp³-hybridized carbons (Fsp3) is 0.273. The van der Waals surface area contributed by atoms with Gasteiger partial charge in [0.1, 0.15) is 0 Å². The molecular weight excluding hydrogens is 370 g/mol. The molecule has 0 radical (unpaired) electrons. The average Bonchev–Trinajstić information content (AvgIpc) is 3.19. The quantitative estimate of drug-likeness (QED) is 0.661. The Morgan fingerprint density at radius 1 is 1.10 bits per heavy atom. The molecule has 1 aromatic heterocycles. The zero-order chi connectivity index (χ0) is 21.0. The summed E-state index contributed by atoms with van der Waals surface area (Å²) in [6.45, 7) is 6.33. The summed E-state index contributed by atoms with van der Waals surface area (Å²) in [7, 11) is 0. The van der Waals surface area contributed by atoms with E-state index in [-0.39, 0.29) is 16.9 Å². The summed E-state index contributed by atoms with van der Waals surface area (Å²) >= 11 is 0. The molecule has 1 amide bonds. The molecule has 29 heavy (non-hydrogen) atoms. The van der Waals surface area contributed by atoms with Crippen LogP contribution in [-0.2, 0) is 11.8 Å². The summed E-state index contributed by atoms with van der Waals surface area (Å²) < 4.78 is 5.38. The first kappa shape index (κ1) is 20.3. The van der Waals surface area contributed by atoms with E-state index in [9.17, 15) is 9.59 Å². The van der Waals surface area contributed by atoms with Crippen molar-refractivity contribution in [1.29, 1.82) is 0 Å². The number of aromatic carboxylic acids is 1. The zero-order valence-corrected chi connectivity index (χ0v) is 16.6. The van der Waals surface area contributed by atoms with Crippen LogP contribution in [0.5, 0.6) is 0 Å². The minimum atomic E-state index is -0.973. The Morgan fingerprint density at radius 3 is 2.55 bits per heavy atom. The first-order valence-electron chi connectivity index (χ1n) is 9.30. The van der Waals surface area contributed by atoms with Gasteiger partial charge in [0, 0.05) is 12.0 Å². The van der Waals surface area contributed by atoms with Gasteiger partial charge in [-0.2, -0.15) is 4.98 Å². The molecule has 7 nitrogen and oxygen atoms in total. The van der Waals surface area contributed by atoms with Crippen LogP contribution in [0.1, 0.15) is 52.9 Å². The number of carboxylic acid groups (broad SMARTS) is 1. The van der Waals surface area contributed by atoms with E-state index in [1.165, 1.54) is 6.07 Å². The molecular formula is C22H23N3O4. The van der Waals surface area contributed by atoms with Gasteiger partial charge in [0.15, 0.2) is 5.82 Å². The number of amides is 1.